The molecule has 1 fully saturated rings. The van der Waals surface area contributed by atoms with Crippen LogP contribution in [0.15, 0.2) is 47.3 Å². The zero-order chi connectivity index (χ0) is 21.5. The Morgan fingerprint density at radius 3 is 2.74 bits per heavy atom. The molecule has 2 aliphatic rings. The molecule has 1 N–H and O–H groups in total. The maximum absolute atomic E-state index is 13.4. The lowest BCUT2D eigenvalue weighted by Crippen LogP contribution is -2.50. The number of hydrogen-bond donors (Lipinski definition) is 1. The van der Waals surface area contributed by atoms with E-state index < -0.39 is 12.6 Å². The molecule has 1 saturated heterocycles. The number of aromatic nitrogens is 1. The minimum atomic E-state index is -1.09. The van der Waals surface area contributed by atoms with Crippen LogP contribution >= 0.6 is 11.3 Å². The molecule has 2 atom stereocenters. The van der Waals surface area contributed by atoms with Crippen LogP contribution in [0.5, 0.6) is 0 Å². The number of rotatable bonds is 5. The van der Waals surface area contributed by atoms with Crippen molar-refractivity contribution < 1.29 is 19.4 Å². The van der Waals surface area contributed by atoms with E-state index in [0.717, 1.165) is 32.6 Å². The Morgan fingerprint density at radius 2 is 1.94 bits per heavy atom. The van der Waals surface area contributed by atoms with E-state index in [1.807, 2.05) is 28.8 Å². The molecule has 5 rings (SSSR count). The molecule has 31 heavy (non-hydrogen) atoms. The van der Waals surface area contributed by atoms with Crippen molar-refractivity contribution in [2.24, 2.45) is 5.92 Å². The number of pyridine rings is 1. The molecule has 1 aromatic carbocycles. The average molecular weight is 439 g/mol. The maximum Gasteiger partial charge on any atom is 0.329 e. The summed E-state index contributed by atoms with van der Waals surface area (Å²) in [6, 6.07) is 14.1. The molecule has 3 aromatic rings. The first-order valence-electron chi connectivity index (χ1n) is 10.3. The molecular weight excluding hydrogens is 416 g/mol. The highest BCUT2D eigenvalue weighted by atomic mass is 32.1. The van der Waals surface area contributed by atoms with Gasteiger partial charge in [-0.2, -0.15) is 0 Å². The van der Waals surface area contributed by atoms with Crippen molar-refractivity contribution in [1.82, 2.24) is 9.47 Å². The zero-order valence-corrected chi connectivity index (χ0v) is 17.6. The third kappa shape index (κ3) is 3.77. The second-order valence-electron chi connectivity index (χ2n) is 8.22. The number of carbonyl (C=O) groups excluding carboxylic acids is 1. The Balaban J connectivity index is 1.40. The number of benzene rings is 1. The smallest absolute Gasteiger partial charge is 0.329 e. The maximum atomic E-state index is 13.4. The number of nitrogens with zero attached hydrogens (tertiary/aromatic N) is 2. The average Bonchev–Trinajstić information content (AvgIpc) is 3.18. The Labute approximate surface area is 182 Å². The van der Waals surface area contributed by atoms with E-state index in [0.29, 0.717) is 19.6 Å². The molecule has 2 bridgehead atoms. The fourth-order valence-electron chi connectivity index (χ4n) is 4.77. The number of aliphatic carboxylic acids is 1. The van der Waals surface area contributed by atoms with E-state index in [9.17, 15) is 14.4 Å². The summed E-state index contributed by atoms with van der Waals surface area (Å²) in [5.41, 5.74) is 1.72. The minimum absolute atomic E-state index is 0.0309. The van der Waals surface area contributed by atoms with E-state index in [4.69, 9.17) is 9.84 Å². The summed E-state index contributed by atoms with van der Waals surface area (Å²) in [6.45, 7) is 0.954. The Kier molecular flexibility index (Phi) is 5.11. The van der Waals surface area contributed by atoms with E-state index in [1.54, 1.807) is 16.2 Å². The third-order valence-electron chi connectivity index (χ3n) is 6.10. The van der Waals surface area contributed by atoms with Crippen LogP contribution in [0.3, 0.4) is 0 Å². The van der Waals surface area contributed by atoms with Crippen molar-refractivity contribution in [3.8, 4) is 10.4 Å². The van der Waals surface area contributed by atoms with Crippen LogP contribution in [0.1, 0.15) is 18.0 Å². The van der Waals surface area contributed by atoms with Gasteiger partial charge in [0.1, 0.15) is 13.2 Å². The SMILES string of the molecule is O=C(O)COCC(=O)N1CC2CC(C1)c1ccc(-c3cc4ccccc4s3)c(=O)n1C2. The topological polar surface area (TPSA) is 88.8 Å². The molecule has 8 heteroatoms. The molecule has 2 aromatic heterocycles. The van der Waals surface area contributed by atoms with Crippen molar-refractivity contribution >= 4 is 33.3 Å². The Morgan fingerprint density at radius 1 is 1.10 bits per heavy atom. The normalized spacial score (nSPS) is 19.9. The predicted octanol–water partition coefficient (Wildman–Crippen LogP) is 2.78. The van der Waals surface area contributed by atoms with E-state index >= 15 is 0 Å². The number of ether oxygens (including phenoxy) is 1. The number of hydrogen-bond acceptors (Lipinski definition) is 5. The molecule has 2 unspecified atom stereocenters. The van der Waals surface area contributed by atoms with Gasteiger partial charge in [0.15, 0.2) is 0 Å². The van der Waals surface area contributed by atoms with Crippen LogP contribution in [-0.4, -0.2) is 52.8 Å². The lowest BCUT2D eigenvalue weighted by atomic mass is 9.83. The van der Waals surface area contributed by atoms with Gasteiger partial charge in [-0.15, -0.1) is 11.3 Å². The third-order valence-corrected chi connectivity index (χ3v) is 7.25. The summed E-state index contributed by atoms with van der Waals surface area (Å²) in [5.74, 6) is -0.996. The summed E-state index contributed by atoms with van der Waals surface area (Å²) in [7, 11) is 0. The first kappa shape index (κ1) is 20.0. The van der Waals surface area contributed by atoms with Gasteiger partial charge in [-0.3, -0.25) is 9.59 Å². The summed E-state index contributed by atoms with van der Waals surface area (Å²) >= 11 is 1.63. The van der Waals surface area contributed by atoms with Crippen molar-refractivity contribution in [1.29, 1.82) is 0 Å². The lowest BCUT2D eigenvalue weighted by Gasteiger charge is -2.42. The number of carboxylic acid groups (broad SMARTS) is 1. The van der Waals surface area contributed by atoms with Gasteiger partial charge in [-0.1, -0.05) is 18.2 Å². The van der Waals surface area contributed by atoms with Gasteiger partial charge >= 0.3 is 5.97 Å². The molecule has 0 radical (unpaired) electrons. The van der Waals surface area contributed by atoms with Crippen LogP contribution in [0.4, 0.5) is 0 Å². The number of piperidine rings is 1. The first-order chi connectivity index (χ1) is 15.0. The number of carboxylic acids is 1. The van der Waals surface area contributed by atoms with Crippen LogP contribution in [0.25, 0.3) is 20.5 Å². The van der Waals surface area contributed by atoms with Gasteiger partial charge in [0, 0.05) is 40.8 Å². The van der Waals surface area contributed by atoms with Gasteiger partial charge in [0.25, 0.3) is 5.56 Å². The van der Waals surface area contributed by atoms with Crippen LogP contribution in [0, 0.1) is 5.92 Å². The van der Waals surface area contributed by atoms with E-state index in [-0.39, 0.29) is 29.9 Å². The summed E-state index contributed by atoms with van der Waals surface area (Å²) in [4.78, 5) is 39.1. The highest BCUT2D eigenvalue weighted by Crippen LogP contribution is 2.37. The van der Waals surface area contributed by atoms with Gasteiger partial charge in [0.2, 0.25) is 5.91 Å². The second kappa shape index (κ2) is 7.94. The monoisotopic (exact) mass is 438 g/mol. The molecule has 0 aliphatic carbocycles. The molecule has 7 nitrogen and oxygen atoms in total. The highest BCUT2D eigenvalue weighted by molar-refractivity contribution is 7.22. The Hall–Kier alpha value is -2.97. The quantitative estimate of drug-likeness (QED) is 0.662. The minimum Gasteiger partial charge on any atom is -0.480 e. The summed E-state index contributed by atoms with van der Waals surface area (Å²) < 4.78 is 8.02. The predicted molar refractivity (Wildman–Crippen MR) is 117 cm³/mol. The fourth-order valence-corrected chi connectivity index (χ4v) is 5.85. The fraction of sp³-hybridized carbons (Fsp3) is 0.348. The van der Waals surface area contributed by atoms with Crippen molar-refractivity contribution in [2.45, 2.75) is 18.9 Å². The highest BCUT2D eigenvalue weighted by Gasteiger charge is 2.36. The van der Waals surface area contributed by atoms with Gasteiger partial charge < -0.3 is 19.3 Å². The van der Waals surface area contributed by atoms with Crippen molar-refractivity contribution in [2.75, 3.05) is 26.3 Å². The molecule has 1 amide bonds. The molecule has 4 heterocycles. The number of likely N-dealkylation sites (tertiary alicyclic amines) is 1. The largest absolute Gasteiger partial charge is 0.480 e. The first-order valence-corrected chi connectivity index (χ1v) is 11.1. The Bertz CT molecular complexity index is 1200. The molecule has 160 valence electrons. The second-order valence-corrected chi connectivity index (χ2v) is 9.30. The summed E-state index contributed by atoms with van der Waals surface area (Å²) in [5, 5.41) is 9.81. The molecular formula is C23H22N2O5S. The van der Waals surface area contributed by atoms with E-state index in [1.165, 1.54) is 0 Å². The lowest BCUT2D eigenvalue weighted by molar-refractivity contribution is -0.146. The number of fused-ring (bicyclic) bond motifs is 5. The zero-order valence-electron chi connectivity index (χ0n) is 16.8. The molecule has 0 saturated carbocycles. The van der Waals surface area contributed by atoms with Gasteiger partial charge in [-0.25, -0.2) is 4.79 Å². The van der Waals surface area contributed by atoms with Crippen LogP contribution < -0.4 is 5.56 Å². The number of thiophene rings is 1. The van der Waals surface area contributed by atoms with E-state index in [2.05, 4.69) is 18.2 Å². The van der Waals surface area contributed by atoms with Crippen LogP contribution in [0.2, 0.25) is 0 Å². The number of carbonyl (C=O) groups is 2. The van der Waals surface area contributed by atoms with Gasteiger partial charge in [-0.05, 0) is 42.0 Å². The van der Waals surface area contributed by atoms with Crippen molar-refractivity contribution in [3.05, 3.63) is 58.5 Å². The molecule has 0 spiro atoms. The standard InChI is InChI=1S/C23H22N2O5S/c26-21(12-30-13-22(27)28)24-9-14-7-16(11-24)18-6-5-17(23(29)25(18)10-14)20-8-15-3-1-2-4-19(15)31-20/h1-6,8,14,16H,7,9-13H2,(H,27,28). The van der Waals surface area contributed by atoms with Crippen LogP contribution in [-0.2, 0) is 20.9 Å². The van der Waals surface area contributed by atoms with Gasteiger partial charge in [0.05, 0.1) is 5.56 Å². The molecule has 2 aliphatic heterocycles. The van der Waals surface area contributed by atoms with Crippen molar-refractivity contribution in [3.63, 3.8) is 0 Å². The number of amides is 1. The summed E-state index contributed by atoms with van der Waals surface area (Å²) in [6.07, 6.45) is 0.946.